The zero-order valence-corrected chi connectivity index (χ0v) is 18.6. The summed E-state index contributed by atoms with van der Waals surface area (Å²) in [6.45, 7) is 6.30. The van der Waals surface area contributed by atoms with Gasteiger partial charge in [0, 0.05) is 11.4 Å². The first kappa shape index (κ1) is 22.8. The minimum atomic E-state index is -3.87. The monoisotopic (exact) mass is 474 g/mol. The molecule has 2 amide bonds. The van der Waals surface area contributed by atoms with Gasteiger partial charge in [0.05, 0.1) is 10.9 Å². The van der Waals surface area contributed by atoms with Crippen LogP contribution in [0.4, 0.5) is 0 Å². The number of carbonyl (C=O) groups excluding carboxylic acids is 2. The molecule has 10 heteroatoms. The lowest BCUT2D eigenvalue weighted by molar-refractivity contribution is -0.130. The molecule has 0 spiro atoms. The first-order chi connectivity index (χ1) is 13.1. The topological polar surface area (TPSA) is 116 Å². The van der Waals surface area contributed by atoms with Gasteiger partial charge in [-0.05, 0) is 37.8 Å². The molecule has 1 fully saturated rings. The Morgan fingerprint density at radius 1 is 1.21 bits per heavy atom. The second-order valence-electron chi connectivity index (χ2n) is 7.39. The maximum Gasteiger partial charge on any atom is 0.256 e. The van der Waals surface area contributed by atoms with Crippen molar-refractivity contribution in [2.75, 3.05) is 6.54 Å². The smallest absolute Gasteiger partial charge is 0.256 e. The lowest BCUT2D eigenvalue weighted by Gasteiger charge is -2.21. The van der Waals surface area contributed by atoms with Gasteiger partial charge in [0.2, 0.25) is 10.0 Å². The van der Waals surface area contributed by atoms with Crippen LogP contribution in [0.15, 0.2) is 29.2 Å². The Hall–Kier alpha value is -1.49. The van der Waals surface area contributed by atoms with Crippen LogP contribution in [0, 0.1) is 12.8 Å². The molecule has 2 rings (SSSR count). The first-order valence-electron chi connectivity index (χ1n) is 9.14. The van der Waals surface area contributed by atoms with Crippen LogP contribution in [0.25, 0.3) is 0 Å². The van der Waals surface area contributed by atoms with E-state index in [2.05, 4.69) is 36.8 Å². The van der Waals surface area contributed by atoms with Gasteiger partial charge < -0.3 is 5.32 Å². The number of halogens is 1. The molecule has 0 aliphatic carbocycles. The SMILES string of the molecule is Cc1ccc(S(=O)(=O)NC(CC(C)C)C(=O)NNC(=O)C2CC(Br)CN2)cc1. The van der Waals surface area contributed by atoms with Gasteiger partial charge in [0.25, 0.3) is 11.8 Å². The van der Waals surface area contributed by atoms with Crippen LogP contribution in [-0.4, -0.2) is 43.7 Å². The van der Waals surface area contributed by atoms with E-state index < -0.39 is 28.0 Å². The minimum Gasteiger partial charge on any atom is -0.305 e. The molecule has 0 bridgehead atoms. The van der Waals surface area contributed by atoms with E-state index in [0.29, 0.717) is 13.0 Å². The summed E-state index contributed by atoms with van der Waals surface area (Å²) in [5, 5.41) is 3.03. The Kier molecular flexibility index (Phi) is 7.99. The maximum atomic E-state index is 12.6. The van der Waals surface area contributed by atoms with E-state index in [0.717, 1.165) is 5.56 Å². The number of hydrogen-bond donors (Lipinski definition) is 4. The molecular formula is C18H27BrN4O4S. The van der Waals surface area contributed by atoms with E-state index in [4.69, 9.17) is 0 Å². The molecule has 1 aliphatic heterocycles. The average Bonchev–Trinajstić information content (AvgIpc) is 3.05. The van der Waals surface area contributed by atoms with Gasteiger partial charge in [0.1, 0.15) is 6.04 Å². The molecule has 156 valence electrons. The molecule has 0 saturated carbocycles. The number of carbonyl (C=O) groups is 2. The number of sulfonamides is 1. The van der Waals surface area contributed by atoms with Crippen LogP contribution in [0.1, 0.15) is 32.3 Å². The van der Waals surface area contributed by atoms with Gasteiger partial charge in [-0.2, -0.15) is 4.72 Å². The van der Waals surface area contributed by atoms with Crippen molar-refractivity contribution in [3.05, 3.63) is 29.8 Å². The number of rotatable bonds is 7. The summed E-state index contributed by atoms with van der Waals surface area (Å²) in [5.74, 6) is -0.899. The fourth-order valence-corrected chi connectivity index (χ4v) is 4.61. The van der Waals surface area contributed by atoms with Crippen molar-refractivity contribution in [2.24, 2.45) is 5.92 Å². The molecule has 4 N–H and O–H groups in total. The molecule has 1 heterocycles. The first-order valence-corrected chi connectivity index (χ1v) is 11.5. The van der Waals surface area contributed by atoms with Crippen molar-refractivity contribution >= 4 is 37.8 Å². The molecule has 1 aromatic carbocycles. The third-order valence-electron chi connectivity index (χ3n) is 4.35. The van der Waals surface area contributed by atoms with Crippen molar-refractivity contribution in [1.82, 2.24) is 20.9 Å². The highest BCUT2D eigenvalue weighted by Gasteiger charge is 2.30. The van der Waals surface area contributed by atoms with E-state index >= 15 is 0 Å². The minimum absolute atomic E-state index is 0.0674. The van der Waals surface area contributed by atoms with Crippen LogP contribution in [0.5, 0.6) is 0 Å². The Morgan fingerprint density at radius 3 is 2.39 bits per heavy atom. The predicted octanol–water partition coefficient (Wildman–Crippen LogP) is 0.961. The zero-order chi connectivity index (χ0) is 20.9. The van der Waals surface area contributed by atoms with E-state index in [9.17, 15) is 18.0 Å². The van der Waals surface area contributed by atoms with Crippen LogP contribution >= 0.6 is 15.9 Å². The van der Waals surface area contributed by atoms with Crippen molar-refractivity contribution in [3.8, 4) is 0 Å². The Labute approximate surface area is 174 Å². The molecular weight excluding hydrogens is 448 g/mol. The number of benzene rings is 1. The summed E-state index contributed by atoms with van der Waals surface area (Å²) in [5.41, 5.74) is 5.65. The van der Waals surface area contributed by atoms with E-state index in [-0.39, 0.29) is 28.0 Å². The Balaban J connectivity index is 2.02. The second kappa shape index (κ2) is 9.82. The largest absolute Gasteiger partial charge is 0.305 e. The summed E-state index contributed by atoms with van der Waals surface area (Å²) in [7, 11) is -3.87. The quantitative estimate of drug-likeness (QED) is 0.346. The van der Waals surface area contributed by atoms with Gasteiger partial charge in [-0.3, -0.25) is 20.4 Å². The number of amides is 2. The predicted molar refractivity (Wildman–Crippen MR) is 110 cm³/mol. The van der Waals surface area contributed by atoms with Crippen LogP contribution < -0.4 is 20.9 Å². The normalized spacial score (nSPS) is 20.8. The number of alkyl halides is 1. The van der Waals surface area contributed by atoms with Gasteiger partial charge >= 0.3 is 0 Å². The van der Waals surface area contributed by atoms with E-state index in [1.54, 1.807) is 12.1 Å². The molecule has 0 aromatic heterocycles. The van der Waals surface area contributed by atoms with E-state index in [1.165, 1.54) is 12.1 Å². The van der Waals surface area contributed by atoms with Gasteiger partial charge in [-0.15, -0.1) is 0 Å². The molecule has 3 atom stereocenters. The molecule has 3 unspecified atom stereocenters. The number of hydrogen-bond acceptors (Lipinski definition) is 5. The highest BCUT2D eigenvalue weighted by molar-refractivity contribution is 9.09. The Bertz CT molecular complexity index is 798. The average molecular weight is 475 g/mol. The molecule has 1 aromatic rings. The zero-order valence-electron chi connectivity index (χ0n) is 16.2. The molecule has 28 heavy (non-hydrogen) atoms. The molecule has 0 radical (unpaired) electrons. The summed E-state index contributed by atoms with van der Waals surface area (Å²) < 4.78 is 27.7. The summed E-state index contributed by atoms with van der Waals surface area (Å²) in [6, 6.07) is 4.96. The van der Waals surface area contributed by atoms with Crippen molar-refractivity contribution in [3.63, 3.8) is 0 Å². The third kappa shape index (κ3) is 6.54. The summed E-state index contributed by atoms with van der Waals surface area (Å²) >= 11 is 3.43. The fraction of sp³-hybridized carbons (Fsp3) is 0.556. The fourth-order valence-electron chi connectivity index (χ4n) is 2.84. The lowest BCUT2D eigenvalue weighted by Crippen LogP contribution is -2.55. The highest BCUT2D eigenvalue weighted by Crippen LogP contribution is 2.15. The number of nitrogens with one attached hydrogen (secondary N) is 4. The second-order valence-corrected chi connectivity index (χ2v) is 10.4. The van der Waals surface area contributed by atoms with Crippen molar-refractivity contribution in [1.29, 1.82) is 0 Å². The van der Waals surface area contributed by atoms with Gasteiger partial charge in [0.15, 0.2) is 0 Å². The maximum absolute atomic E-state index is 12.6. The summed E-state index contributed by atoms with van der Waals surface area (Å²) in [6.07, 6.45) is 0.898. The van der Waals surface area contributed by atoms with Crippen LogP contribution in [0.2, 0.25) is 0 Å². The lowest BCUT2D eigenvalue weighted by atomic mass is 10.0. The number of hydrazine groups is 1. The molecule has 1 aliphatic rings. The summed E-state index contributed by atoms with van der Waals surface area (Å²) in [4.78, 5) is 25.0. The van der Waals surface area contributed by atoms with Crippen LogP contribution in [0.3, 0.4) is 0 Å². The Morgan fingerprint density at radius 2 is 1.86 bits per heavy atom. The van der Waals surface area contributed by atoms with Crippen molar-refractivity contribution in [2.45, 2.75) is 55.4 Å². The van der Waals surface area contributed by atoms with Gasteiger partial charge in [-0.25, -0.2) is 8.42 Å². The molecule has 1 saturated heterocycles. The van der Waals surface area contributed by atoms with Crippen molar-refractivity contribution < 1.29 is 18.0 Å². The third-order valence-corrected chi connectivity index (χ3v) is 6.54. The van der Waals surface area contributed by atoms with E-state index in [1.807, 2.05) is 20.8 Å². The molecule has 8 nitrogen and oxygen atoms in total. The van der Waals surface area contributed by atoms with Gasteiger partial charge in [-0.1, -0.05) is 47.5 Å². The highest BCUT2D eigenvalue weighted by atomic mass is 79.9. The standard InChI is InChI=1S/C18H27BrN4O4S/c1-11(2)8-16(23-28(26,27)14-6-4-12(3)5-7-14)18(25)22-21-17(24)15-9-13(19)10-20-15/h4-7,11,13,15-16,20,23H,8-10H2,1-3H3,(H,21,24)(H,22,25). The van der Waals surface area contributed by atoms with Crippen LogP contribution in [-0.2, 0) is 19.6 Å². The number of aryl methyl sites for hydroxylation is 1.